The molecule has 1 aliphatic heterocycles. The molecule has 5 nitrogen and oxygen atoms in total. The lowest BCUT2D eigenvalue weighted by atomic mass is 10.0. The smallest absolute Gasteiger partial charge is 0.305 e. The number of nitrogens with zero attached hydrogens (tertiary/aromatic N) is 1. The molecule has 0 spiro atoms. The Bertz CT molecular complexity index is 567. The molecule has 2 unspecified atom stereocenters. The van der Waals surface area contributed by atoms with Crippen LogP contribution in [0.1, 0.15) is 24.9 Å². The number of hydrogen-bond acceptors (Lipinski definition) is 3. The topological polar surface area (TPSA) is 69.6 Å². The lowest BCUT2D eigenvalue weighted by molar-refractivity contribution is -0.143. The number of piperazine rings is 1. The second-order valence-electron chi connectivity index (χ2n) is 4.99. The Morgan fingerprint density at radius 1 is 1.62 bits per heavy atom. The summed E-state index contributed by atoms with van der Waals surface area (Å²) in [5.41, 5.74) is 0.742. The number of benzene rings is 1. The van der Waals surface area contributed by atoms with Crippen molar-refractivity contribution in [3.63, 3.8) is 0 Å². The highest BCUT2D eigenvalue weighted by atomic mass is 35.5. The van der Waals surface area contributed by atoms with Crippen LogP contribution < -0.4 is 5.32 Å². The minimum atomic E-state index is -1.04. The van der Waals surface area contributed by atoms with Gasteiger partial charge in [0.25, 0.3) is 0 Å². The predicted octanol–water partition coefficient (Wildman–Crippen LogP) is 1.82. The Kier molecular flexibility index (Phi) is 4.80. The molecule has 1 amide bonds. The Morgan fingerprint density at radius 3 is 2.95 bits per heavy atom. The van der Waals surface area contributed by atoms with Gasteiger partial charge in [0.15, 0.2) is 0 Å². The Labute approximate surface area is 126 Å². The van der Waals surface area contributed by atoms with E-state index in [1.165, 1.54) is 12.1 Å². The van der Waals surface area contributed by atoms with Gasteiger partial charge in [0, 0.05) is 19.1 Å². The Hall–Kier alpha value is -1.66. The first kappa shape index (κ1) is 15.7. The van der Waals surface area contributed by atoms with Crippen molar-refractivity contribution in [1.29, 1.82) is 0 Å². The molecule has 1 heterocycles. The zero-order valence-corrected chi connectivity index (χ0v) is 12.2. The number of carboxylic acid groups (broad SMARTS) is 1. The molecule has 0 aromatic heterocycles. The lowest BCUT2D eigenvalue weighted by Gasteiger charge is -2.38. The SMILES string of the molecule is CC(c1ccc(F)c(Cl)c1)N1CCNC(=O)C1CC(=O)O. The van der Waals surface area contributed by atoms with Crippen LogP contribution in [0.15, 0.2) is 18.2 Å². The summed E-state index contributed by atoms with van der Waals surface area (Å²) in [7, 11) is 0. The number of amides is 1. The number of halogens is 2. The van der Waals surface area contributed by atoms with Gasteiger partial charge in [-0.05, 0) is 24.6 Å². The van der Waals surface area contributed by atoms with Crippen LogP contribution in [0.2, 0.25) is 5.02 Å². The molecule has 0 aliphatic carbocycles. The third-order valence-electron chi connectivity index (χ3n) is 3.66. The molecule has 1 fully saturated rings. The fourth-order valence-electron chi connectivity index (χ4n) is 2.54. The van der Waals surface area contributed by atoms with Crippen LogP contribution in [0.4, 0.5) is 4.39 Å². The van der Waals surface area contributed by atoms with Gasteiger partial charge in [-0.2, -0.15) is 0 Å². The van der Waals surface area contributed by atoms with Gasteiger partial charge in [0.1, 0.15) is 11.9 Å². The largest absolute Gasteiger partial charge is 0.481 e. The molecule has 1 aliphatic rings. The van der Waals surface area contributed by atoms with Crippen molar-refractivity contribution < 1.29 is 19.1 Å². The quantitative estimate of drug-likeness (QED) is 0.889. The lowest BCUT2D eigenvalue weighted by Crippen LogP contribution is -2.56. The summed E-state index contributed by atoms with van der Waals surface area (Å²) in [6.07, 6.45) is -0.273. The molecule has 114 valence electrons. The first-order chi connectivity index (χ1) is 9.90. The standard InChI is InChI=1S/C14H16ClFN2O3/c1-8(9-2-3-11(16)10(15)6-9)18-5-4-17-14(21)12(18)7-13(19)20/h2-3,6,8,12H,4-5,7H2,1H3,(H,17,21)(H,19,20). The molecule has 2 N–H and O–H groups in total. The van der Waals surface area contributed by atoms with Crippen LogP contribution in [0.3, 0.4) is 0 Å². The highest BCUT2D eigenvalue weighted by Crippen LogP contribution is 2.28. The summed E-state index contributed by atoms with van der Waals surface area (Å²) in [5.74, 6) is -1.85. The fraction of sp³-hybridized carbons (Fsp3) is 0.429. The van der Waals surface area contributed by atoms with E-state index >= 15 is 0 Å². The first-order valence-corrected chi connectivity index (χ1v) is 6.98. The molecule has 1 aromatic carbocycles. The van der Waals surface area contributed by atoms with Gasteiger partial charge >= 0.3 is 5.97 Å². The second-order valence-corrected chi connectivity index (χ2v) is 5.40. The zero-order valence-electron chi connectivity index (χ0n) is 11.5. The summed E-state index contributed by atoms with van der Waals surface area (Å²) in [5, 5.41) is 11.6. The number of carbonyl (C=O) groups excluding carboxylic acids is 1. The average molecular weight is 315 g/mol. The van der Waals surface area contributed by atoms with Crippen LogP contribution in [0.25, 0.3) is 0 Å². The number of nitrogens with one attached hydrogen (secondary N) is 1. The van der Waals surface area contributed by atoms with Crippen LogP contribution in [-0.2, 0) is 9.59 Å². The number of aliphatic carboxylic acids is 1. The molecule has 2 rings (SSSR count). The summed E-state index contributed by atoms with van der Waals surface area (Å²) in [4.78, 5) is 24.6. The highest BCUT2D eigenvalue weighted by Gasteiger charge is 2.34. The minimum Gasteiger partial charge on any atom is -0.481 e. The van der Waals surface area contributed by atoms with E-state index in [-0.39, 0.29) is 23.4 Å². The van der Waals surface area contributed by atoms with Gasteiger partial charge in [0.05, 0.1) is 11.4 Å². The maximum Gasteiger partial charge on any atom is 0.305 e. The molecular formula is C14H16ClFN2O3. The van der Waals surface area contributed by atoms with Gasteiger partial charge < -0.3 is 10.4 Å². The van der Waals surface area contributed by atoms with Crippen molar-refractivity contribution >= 4 is 23.5 Å². The van der Waals surface area contributed by atoms with Crippen molar-refractivity contribution in [1.82, 2.24) is 10.2 Å². The number of carboxylic acids is 1. The average Bonchev–Trinajstić information content (AvgIpc) is 2.43. The molecule has 0 radical (unpaired) electrons. The molecule has 2 atom stereocenters. The molecule has 1 aromatic rings. The molecule has 0 saturated carbocycles. The van der Waals surface area contributed by atoms with E-state index in [2.05, 4.69) is 5.32 Å². The minimum absolute atomic E-state index is 0.00981. The number of rotatable bonds is 4. The van der Waals surface area contributed by atoms with Crippen LogP contribution in [0, 0.1) is 5.82 Å². The van der Waals surface area contributed by atoms with E-state index < -0.39 is 17.8 Å². The van der Waals surface area contributed by atoms with Gasteiger partial charge in [-0.15, -0.1) is 0 Å². The van der Waals surface area contributed by atoms with Crippen molar-refractivity contribution in [2.75, 3.05) is 13.1 Å². The van der Waals surface area contributed by atoms with Gasteiger partial charge in [0.2, 0.25) is 5.91 Å². The van der Waals surface area contributed by atoms with Crippen molar-refractivity contribution in [3.8, 4) is 0 Å². The zero-order chi connectivity index (χ0) is 15.6. The van der Waals surface area contributed by atoms with E-state index in [0.717, 1.165) is 5.56 Å². The summed E-state index contributed by atoms with van der Waals surface area (Å²) in [6.45, 7) is 2.82. The van der Waals surface area contributed by atoms with Crippen LogP contribution in [0.5, 0.6) is 0 Å². The van der Waals surface area contributed by atoms with Crippen LogP contribution in [-0.4, -0.2) is 41.0 Å². The fourth-order valence-corrected chi connectivity index (χ4v) is 2.72. The van der Waals surface area contributed by atoms with Crippen LogP contribution >= 0.6 is 11.6 Å². The number of carbonyl (C=O) groups is 2. The third kappa shape index (κ3) is 3.51. The van der Waals surface area contributed by atoms with Gasteiger partial charge in [-0.25, -0.2) is 4.39 Å². The van der Waals surface area contributed by atoms with Gasteiger partial charge in [-0.1, -0.05) is 17.7 Å². The molecule has 21 heavy (non-hydrogen) atoms. The molecule has 7 heteroatoms. The van der Waals surface area contributed by atoms with E-state index in [9.17, 15) is 14.0 Å². The van der Waals surface area contributed by atoms with E-state index in [1.54, 1.807) is 11.0 Å². The Morgan fingerprint density at radius 2 is 2.33 bits per heavy atom. The maximum atomic E-state index is 13.2. The Balaban J connectivity index is 2.25. The summed E-state index contributed by atoms with van der Waals surface area (Å²) in [6, 6.07) is 3.39. The van der Waals surface area contributed by atoms with E-state index in [0.29, 0.717) is 13.1 Å². The van der Waals surface area contributed by atoms with E-state index in [4.69, 9.17) is 16.7 Å². The number of hydrogen-bond donors (Lipinski definition) is 2. The van der Waals surface area contributed by atoms with Crippen molar-refractivity contribution in [2.45, 2.75) is 25.4 Å². The van der Waals surface area contributed by atoms with Crippen molar-refractivity contribution in [3.05, 3.63) is 34.6 Å². The monoisotopic (exact) mass is 314 g/mol. The summed E-state index contributed by atoms with van der Waals surface area (Å²) >= 11 is 5.78. The second kappa shape index (κ2) is 6.41. The van der Waals surface area contributed by atoms with E-state index in [1.807, 2.05) is 6.92 Å². The molecule has 0 bridgehead atoms. The molecular weight excluding hydrogens is 299 g/mol. The first-order valence-electron chi connectivity index (χ1n) is 6.60. The van der Waals surface area contributed by atoms with Gasteiger partial charge in [-0.3, -0.25) is 14.5 Å². The summed E-state index contributed by atoms with van der Waals surface area (Å²) < 4.78 is 13.2. The third-order valence-corrected chi connectivity index (χ3v) is 3.95. The van der Waals surface area contributed by atoms with Crippen molar-refractivity contribution in [2.24, 2.45) is 0 Å². The maximum absolute atomic E-state index is 13.2. The normalized spacial score (nSPS) is 20.9. The molecule has 1 saturated heterocycles. The predicted molar refractivity (Wildman–Crippen MR) is 75.6 cm³/mol. The highest BCUT2D eigenvalue weighted by molar-refractivity contribution is 6.30.